The van der Waals surface area contributed by atoms with Crippen molar-refractivity contribution in [3.63, 3.8) is 0 Å². The summed E-state index contributed by atoms with van der Waals surface area (Å²) >= 11 is 1.47. The molecule has 0 aliphatic carbocycles. The lowest BCUT2D eigenvalue weighted by Crippen LogP contribution is -2.54. The number of carboxylic acid groups (broad SMARTS) is 2. The number of carbonyl (C=O) groups excluding carboxylic acids is 2. The smallest absolute Gasteiger partial charge is 0.326 e. The Bertz CT molecular complexity index is 501. The molecule has 1 heterocycles. The van der Waals surface area contributed by atoms with Crippen molar-refractivity contribution in [2.45, 2.75) is 43.8 Å². The highest BCUT2D eigenvalue weighted by molar-refractivity contribution is 7.98. The van der Waals surface area contributed by atoms with Crippen molar-refractivity contribution in [2.24, 2.45) is 5.73 Å². The Kier molecular flexibility index (Phi) is 7.99. The molecule has 1 aliphatic heterocycles. The van der Waals surface area contributed by atoms with Crippen molar-refractivity contribution in [3.05, 3.63) is 0 Å². The van der Waals surface area contributed by atoms with Gasteiger partial charge in [-0.1, -0.05) is 0 Å². The van der Waals surface area contributed by atoms with Crippen LogP contribution in [0.4, 0.5) is 0 Å². The number of carboxylic acids is 2. The second kappa shape index (κ2) is 9.48. The van der Waals surface area contributed by atoms with Crippen LogP contribution in [0.25, 0.3) is 0 Å². The molecule has 0 aromatic heterocycles. The zero-order valence-corrected chi connectivity index (χ0v) is 14.3. The molecule has 24 heavy (non-hydrogen) atoms. The molecule has 0 bridgehead atoms. The molecule has 1 aliphatic rings. The average molecular weight is 361 g/mol. The van der Waals surface area contributed by atoms with Gasteiger partial charge in [0.05, 0.1) is 12.5 Å². The Morgan fingerprint density at radius 1 is 1.33 bits per heavy atom. The van der Waals surface area contributed by atoms with Gasteiger partial charge in [0.25, 0.3) is 0 Å². The molecule has 136 valence electrons. The molecule has 1 saturated heterocycles. The van der Waals surface area contributed by atoms with Gasteiger partial charge < -0.3 is 26.2 Å². The molecule has 0 aromatic carbocycles. The maximum Gasteiger partial charge on any atom is 0.326 e. The van der Waals surface area contributed by atoms with E-state index >= 15 is 0 Å². The van der Waals surface area contributed by atoms with Crippen LogP contribution in [-0.4, -0.2) is 75.5 Å². The summed E-state index contributed by atoms with van der Waals surface area (Å²) in [4.78, 5) is 47.7. The van der Waals surface area contributed by atoms with Crippen LogP contribution in [0.3, 0.4) is 0 Å². The van der Waals surface area contributed by atoms with Crippen LogP contribution in [0.5, 0.6) is 0 Å². The number of carbonyl (C=O) groups is 4. The van der Waals surface area contributed by atoms with E-state index in [1.165, 1.54) is 16.7 Å². The third-order valence-corrected chi connectivity index (χ3v) is 4.42. The maximum absolute atomic E-state index is 12.4. The molecule has 0 spiro atoms. The van der Waals surface area contributed by atoms with E-state index in [1.807, 2.05) is 6.26 Å². The van der Waals surface area contributed by atoms with Crippen molar-refractivity contribution in [3.8, 4) is 0 Å². The number of amides is 2. The lowest BCUT2D eigenvalue weighted by molar-refractivity contribution is -0.145. The number of nitrogens with zero attached hydrogens (tertiary/aromatic N) is 1. The van der Waals surface area contributed by atoms with Crippen LogP contribution in [0.1, 0.15) is 25.7 Å². The van der Waals surface area contributed by atoms with Crippen LogP contribution in [-0.2, 0) is 19.2 Å². The molecular formula is C14H23N3O6S. The number of rotatable bonds is 9. The number of thioether (sulfide) groups is 1. The van der Waals surface area contributed by atoms with Crippen LogP contribution in [0.15, 0.2) is 0 Å². The Morgan fingerprint density at radius 2 is 2.00 bits per heavy atom. The molecule has 3 atom stereocenters. The van der Waals surface area contributed by atoms with E-state index < -0.39 is 48.3 Å². The van der Waals surface area contributed by atoms with Gasteiger partial charge in [-0.05, 0) is 31.3 Å². The minimum absolute atomic E-state index is 0.279. The number of hydrogen-bond donors (Lipinski definition) is 4. The first-order valence-electron chi connectivity index (χ1n) is 7.57. The second-order valence-electron chi connectivity index (χ2n) is 5.57. The SMILES string of the molecule is CSCC[C@H](NC(=O)[C@@H]1CCCN1C(=O)[C@@H](N)CC(=O)O)C(=O)O. The normalized spacial score (nSPS) is 19.6. The number of hydrogen-bond acceptors (Lipinski definition) is 6. The fourth-order valence-corrected chi connectivity index (χ4v) is 3.02. The molecule has 2 amide bonds. The molecule has 5 N–H and O–H groups in total. The lowest BCUT2D eigenvalue weighted by Gasteiger charge is -2.27. The van der Waals surface area contributed by atoms with Gasteiger partial charge in [-0.25, -0.2) is 4.79 Å². The quantitative estimate of drug-likeness (QED) is 0.413. The highest BCUT2D eigenvalue weighted by Gasteiger charge is 2.37. The van der Waals surface area contributed by atoms with E-state index in [1.54, 1.807) is 0 Å². The van der Waals surface area contributed by atoms with Crippen molar-refractivity contribution in [1.82, 2.24) is 10.2 Å². The van der Waals surface area contributed by atoms with Crippen molar-refractivity contribution >= 4 is 35.5 Å². The number of nitrogens with two attached hydrogens (primary N) is 1. The summed E-state index contributed by atoms with van der Waals surface area (Å²) in [6, 6.07) is -3.05. The summed E-state index contributed by atoms with van der Waals surface area (Å²) in [6.07, 6.45) is 2.57. The highest BCUT2D eigenvalue weighted by Crippen LogP contribution is 2.19. The Morgan fingerprint density at radius 3 is 2.54 bits per heavy atom. The summed E-state index contributed by atoms with van der Waals surface area (Å²) in [5.41, 5.74) is 5.57. The van der Waals surface area contributed by atoms with Gasteiger partial charge in [-0.15, -0.1) is 0 Å². The molecule has 10 heteroatoms. The first-order chi connectivity index (χ1) is 11.3. The molecule has 1 rings (SSSR count). The first-order valence-corrected chi connectivity index (χ1v) is 8.97. The summed E-state index contributed by atoms with van der Waals surface area (Å²) in [5, 5.41) is 20.3. The Balaban J connectivity index is 2.72. The van der Waals surface area contributed by atoms with E-state index in [-0.39, 0.29) is 6.42 Å². The van der Waals surface area contributed by atoms with Crippen LogP contribution < -0.4 is 11.1 Å². The summed E-state index contributed by atoms with van der Waals surface area (Å²) < 4.78 is 0. The molecule has 9 nitrogen and oxygen atoms in total. The van der Waals surface area contributed by atoms with E-state index in [2.05, 4.69) is 5.32 Å². The fourth-order valence-electron chi connectivity index (χ4n) is 2.55. The van der Waals surface area contributed by atoms with E-state index in [0.717, 1.165) is 0 Å². The number of aliphatic carboxylic acids is 2. The summed E-state index contributed by atoms with van der Waals surface area (Å²) in [5.74, 6) is -2.90. The van der Waals surface area contributed by atoms with Gasteiger partial charge in [0, 0.05) is 6.54 Å². The summed E-state index contributed by atoms with van der Waals surface area (Å²) in [6.45, 7) is 0.298. The summed E-state index contributed by atoms with van der Waals surface area (Å²) in [7, 11) is 0. The average Bonchev–Trinajstić information content (AvgIpc) is 2.98. The zero-order chi connectivity index (χ0) is 18.3. The van der Waals surface area contributed by atoms with E-state index in [4.69, 9.17) is 15.9 Å². The molecule has 0 saturated carbocycles. The largest absolute Gasteiger partial charge is 0.481 e. The minimum atomic E-state index is -1.22. The van der Waals surface area contributed by atoms with Gasteiger partial charge in [-0.2, -0.15) is 11.8 Å². The predicted molar refractivity (Wildman–Crippen MR) is 87.5 cm³/mol. The van der Waals surface area contributed by atoms with Gasteiger partial charge in [0.1, 0.15) is 12.1 Å². The van der Waals surface area contributed by atoms with Crippen molar-refractivity contribution in [2.75, 3.05) is 18.6 Å². The number of nitrogens with one attached hydrogen (secondary N) is 1. The zero-order valence-electron chi connectivity index (χ0n) is 13.4. The monoisotopic (exact) mass is 361 g/mol. The van der Waals surface area contributed by atoms with Crippen molar-refractivity contribution in [1.29, 1.82) is 0 Å². The topological polar surface area (TPSA) is 150 Å². The third-order valence-electron chi connectivity index (χ3n) is 3.78. The third kappa shape index (κ3) is 5.68. The molecule has 0 unspecified atom stereocenters. The number of likely N-dealkylation sites (tertiary alicyclic amines) is 1. The van der Waals surface area contributed by atoms with Gasteiger partial charge >= 0.3 is 11.9 Å². The van der Waals surface area contributed by atoms with Gasteiger partial charge in [-0.3, -0.25) is 14.4 Å². The minimum Gasteiger partial charge on any atom is -0.481 e. The predicted octanol–water partition coefficient (Wildman–Crippen LogP) is -0.898. The van der Waals surface area contributed by atoms with Gasteiger partial charge in [0.15, 0.2) is 0 Å². The molecule has 0 radical (unpaired) electrons. The maximum atomic E-state index is 12.4. The molecule has 1 fully saturated rings. The van der Waals surface area contributed by atoms with Crippen molar-refractivity contribution < 1.29 is 29.4 Å². The van der Waals surface area contributed by atoms with Gasteiger partial charge in [0.2, 0.25) is 11.8 Å². The Labute approximate surface area is 143 Å². The van der Waals surface area contributed by atoms with Crippen LogP contribution in [0, 0.1) is 0 Å². The van der Waals surface area contributed by atoms with Crippen LogP contribution >= 0.6 is 11.8 Å². The fraction of sp³-hybridized carbons (Fsp3) is 0.714. The van der Waals surface area contributed by atoms with E-state index in [9.17, 15) is 19.2 Å². The first kappa shape index (κ1) is 20.2. The lowest BCUT2D eigenvalue weighted by atomic mass is 10.1. The Hall–Kier alpha value is -1.81. The van der Waals surface area contributed by atoms with Crippen LogP contribution in [0.2, 0.25) is 0 Å². The standard InChI is InChI=1S/C14H23N3O6S/c1-24-6-4-9(14(22)23)16-12(20)10-3-2-5-17(10)13(21)8(15)7-11(18)19/h8-10H,2-7,15H2,1H3,(H,16,20)(H,18,19)(H,22,23)/t8-,9-,10-/m0/s1. The highest BCUT2D eigenvalue weighted by atomic mass is 32.2. The van der Waals surface area contributed by atoms with E-state index in [0.29, 0.717) is 25.1 Å². The molecule has 0 aromatic rings. The molecular weight excluding hydrogens is 338 g/mol. The second-order valence-corrected chi connectivity index (χ2v) is 6.56.